The molecule has 1 amide bonds. The SMILES string of the molecule is CCC[C@H](C)NC(=O)c1ccccc1-n1cnnn1. The van der Waals surface area contributed by atoms with E-state index in [1.54, 1.807) is 6.07 Å². The molecule has 1 aromatic heterocycles. The number of para-hydroxylation sites is 1. The van der Waals surface area contributed by atoms with Gasteiger partial charge < -0.3 is 5.32 Å². The number of hydrogen-bond acceptors (Lipinski definition) is 4. The molecule has 19 heavy (non-hydrogen) atoms. The Labute approximate surface area is 111 Å². The summed E-state index contributed by atoms with van der Waals surface area (Å²) in [4.78, 5) is 12.3. The molecule has 0 unspecified atom stereocenters. The standard InChI is InChI=1S/C13H17N5O/c1-3-6-10(2)15-13(19)11-7-4-5-8-12(11)18-9-14-16-17-18/h4-5,7-10H,3,6H2,1-2H3,(H,15,19)/t10-/m0/s1. The Morgan fingerprint density at radius 3 is 2.89 bits per heavy atom. The predicted molar refractivity (Wildman–Crippen MR) is 71.0 cm³/mol. The Morgan fingerprint density at radius 1 is 1.42 bits per heavy atom. The number of benzene rings is 1. The van der Waals surface area contributed by atoms with Crippen molar-refractivity contribution < 1.29 is 4.79 Å². The van der Waals surface area contributed by atoms with Crippen molar-refractivity contribution in [3.63, 3.8) is 0 Å². The number of rotatable bonds is 5. The van der Waals surface area contributed by atoms with Crippen LogP contribution in [-0.2, 0) is 0 Å². The average molecular weight is 259 g/mol. The topological polar surface area (TPSA) is 72.7 Å². The van der Waals surface area contributed by atoms with Gasteiger partial charge in [0, 0.05) is 6.04 Å². The third kappa shape index (κ3) is 3.15. The lowest BCUT2D eigenvalue weighted by atomic mass is 10.1. The van der Waals surface area contributed by atoms with Crippen LogP contribution in [0.2, 0.25) is 0 Å². The van der Waals surface area contributed by atoms with Crippen LogP contribution < -0.4 is 5.32 Å². The molecule has 6 nitrogen and oxygen atoms in total. The molecule has 0 saturated heterocycles. The van der Waals surface area contributed by atoms with Gasteiger partial charge in [-0.05, 0) is 35.9 Å². The van der Waals surface area contributed by atoms with Gasteiger partial charge in [-0.25, -0.2) is 0 Å². The summed E-state index contributed by atoms with van der Waals surface area (Å²) in [5.41, 5.74) is 1.24. The van der Waals surface area contributed by atoms with Gasteiger partial charge >= 0.3 is 0 Å². The molecule has 1 atom stereocenters. The summed E-state index contributed by atoms with van der Waals surface area (Å²) < 4.78 is 1.49. The van der Waals surface area contributed by atoms with E-state index in [2.05, 4.69) is 27.8 Å². The van der Waals surface area contributed by atoms with Crippen LogP contribution in [0.3, 0.4) is 0 Å². The molecule has 2 rings (SSSR count). The normalized spacial score (nSPS) is 12.1. The average Bonchev–Trinajstić information content (AvgIpc) is 2.92. The quantitative estimate of drug-likeness (QED) is 0.884. The second kappa shape index (κ2) is 6.08. The minimum atomic E-state index is -0.105. The highest BCUT2D eigenvalue weighted by atomic mass is 16.1. The highest BCUT2D eigenvalue weighted by Gasteiger charge is 2.14. The number of aromatic nitrogens is 4. The summed E-state index contributed by atoms with van der Waals surface area (Å²) in [6, 6.07) is 7.41. The summed E-state index contributed by atoms with van der Waals surface area (Å²) in [5, 5.41) is 14.0. The fraction of sp³-hybridized carbons (Fsp3) is 0.385. The molecule has 1 heterocycles. The molecule has 0 aliphatic carbocycles. The van der Waals surface area contributed by atoms with Gasteiger partial charge in [0.05, 0.1) is 11.3 Å². The number of tetrazole rings is 1. The number of carbonyl (C=O) groups excluding carboxylic acids is 1. The highest BCUT2D eigenvalue weighted by molar-refractivity contribution is 5.97. The minimum absolute atomic E-state index is 0.105. The molecular weight excluding hydrogens is 242 g/mol. The van der Waals surface area contributed by atoms with Crippen LogP contribution in [0.4, 0.5) is 0 Å². The van der Waals surface area contributed by atoms with Crippen molar-refractivity contribution in [2.45, 2.75) is 32.7 Å². The van der Waals surface area contributed by atoms with E-state index in [0.29, 0.717) is 11.3 Å². The van der Waals surface area contributed by atoms with Crippen molar-refractivity contribution >= 4 is 5.91 Å². The first kappa shape index (κ1) is 13.2. The van der Waals surface area contributed by atoms with E-state index < -0.39 is 0 Å². The predicted octanol–water partition coefficient (Wildman–Crippen LogP) is 1.58. The lowest BCUT2D eigenvalue weighted by Gasteiger charge is -2.14. The molecule has 100 valence electrons. The van der Waals surface area contributed by atoms with E-state index >= 15 is 0 Å². The van der Waals surface area contributed by atoms with Gasteiger partial charge in [-0.15, -0.1) is 5.10 Å². The Balaban J connectivity index is 2.23. The molecule has 1 aromatic carbocycles. The molecule has 1 N–H and O–H groups in total. The van der Waals surface area contributed by atoms with Gasteiger partial charge in [0.1, 0.15) is 6.33 Å². The first-order valence-corrected chi connectivity index (χ1v) is 6.35. The van der Waals surface area contributed by atoms with Crippen molar-refractivity contribution in [1.29, 1.82) is 0 Å². The molecule has 0 spiro atoms. The van der Waals surface area contributed by atoms with E-state index in [1.807, 2.05) is 25.1 Å². The Morgan fingerprint density at radius 2 is 2.21 bits per heavy atom. The Kier molecular flexibility index (Phi) is 4.22. The maximum absolute atomic E-state index is 12.3. The van der Waals surface area contributed by atoms with Gasteiger partial charge in [0.15, 0.2) is 0 Å². The number of nitrogens with zero attached hydrogens (tertiary/aromatic N) is 4. The number of amides is 1. The summed E-state index contributed by atoms with van der Waals surface area (Å²) in [5.74, 6) is -0.105. The number of nitrogens with one attached hydrogen (secondary N) is 1. The van der Waals surface area contributed by atoms with Crippen molar-refractivity contribution in [3.05, 3.63) is 36.2 Å². The fourth-order valence-corrected chi connectivity index (χ4v) is 1.94. The van der Waals surface area contributed by atoms with Crippen molar-refractivity contribution in [2.24, 2.45) is 0 Å². The zero-order valence-corrected chi connectivity index (χ0v) is 11.1. The van der Waals surface area contributed by atoms with Crippen LogP contribution >= 0.6 is 0 Å². The largest absolute Gasteiger partial charge is 0.350 e. The number of hydrogen-bond donors (Lipinski definition) is 1. The summed E-state index contributed by atoms with van der Waals surface area (Å²) in [7, 11) is 0. The molecule has 6 heteroatoms. The molecule has 0 radical (unpaired) electrons. The van der Waals surface area contributed by atoms with E-state index in [4.69, 9.17) is 0 Å². The van der Waals surface area contributed by atoms with Crippen LogP contribution in [0.15, 0.2) is 30.6 Å². The Bertz CT molecular complexity index is 538. The van der Waals surface area contributed by atoms with Gasteiger partial charge in [0.2, 0.25) is 0 Å². The maximum Gasteiger partial charge on any atom is 0.253 e. The lowest BCUT2D eigenvalue weighted by molar-refractivity contribution is 0.0938. The van der Waals surface area contributed by atoms with Gasteiger partial charge in [-0.3, -0.25) is 4.79 Å². The second-order valence-electron chi connectivity index (χ2n) is 4.43. The fourth-order valence-electron chi connectivity index (χ4n) is 1.94. The molecule has 2 aromatic rings. The molecule has 0 saturated carbocycles. The van der Waals surface area contributed by atoms with Crippen LogP contribution in [0.5, 0.6) is 0 Å². The molecule has 0 aliphatic rings. The zero-order valence-electron chi connectivity index (χ0n) is 11.1. The van der Waals surface area contributed by atoms with Crippen LogP contribution in [0.1, 0.15) is 37.0 Å². The van der Waals surface area contributed by atoms with E-state index in [9.17, 15) is 4.79 Å². The zero-order chi connectivity index (χ0) is 13.7. The van der Waals surface area contributed by atoms with Crippen molar-refractivity contribution in [3.8, 4) is 5.69 Å². The first-order valence-electron chi connectivity index (χ1n) is 6.35. The smallest absolute Gasteiger partial charge is 0.253 e. The minimum Gasteiger partial charge on any atom is -0.350 e. The second-order valence-corrected chi connectivity index (χ2v) is 4.43. The third-order valence-electron chi connectivity index (χ3n) is 2.84. The maximum atomic E-state index is 12.3. The number of carbonyl (C=O) groups is 1. The highest BCUT2D eigenvalue weighted by Crippen LogP contribution is 2.13. The summed E-state index contributed by atoms with van der Waals surface area (Å²) in [6.45, 7) is 4.10. The van der Waals surface area contributed by atoms with E-state index in [-0.39, 0.29) is 11.9 Å². The van der Waals surface area contributed by atoms with E-state index in [0.717, 1.165) is 12.8 Å². The van der Waals surface area contributed by atoms with Crippen molar-refractivity contribution in [1.82, 2.24) is 25.5 Å². The summed E-state index contributed by atoms with van der Waals surface area (Å²) >= 11 is 0. The lowest BCUT2D eigenvalue weighted by Crippen LogP contribution is -2.33. The van der Waals surface area contributed by atoms with Gasteiger partial charge in [-0.1, -0.05) is 25.5 Å². The molecule has 0 aliphatic heterocycles. The van der Waals surface area contributed by atoms with Crippen LogP contribution in [0.25, 0.3) is 5.69 Å². The van der Waals surface area contributed by atoms with Crippen LogP contribution in [0, 0.1) is 0 Å². The molecule has 0 fully saturated rings. The van der Waals surface area contributed by atoms with Crippen molar-refractivity contribution in [2.75, 3.05) is 0 Å². The monoisotopic (exact) mass is 259 g/mol. The molecular formula is C13H17N5O. The van der Waals surface area contributed by atoms with Gasteiger partial charge in [-0.2, -0.15) is 4.68 Å². The molecule has 0 bridgehead atoms. The van der Waals surface area contributed by atoms with E-state index in [1.165, 1.54) is 11.0 Å². The third-order valence-corrected chi connectivity index (χ3v) is 2.84. The summed E-state index contributed by atoms with van der Waals surface area (Å²) in [6.07, 6.45) is 3.47. The van der Waals surface area contributed by atoms with Gasteiger partial charge in [0.25, 0.3) is 5.91 Å². The Hall–Kier alpha value is -2.24. The van der Waals surface area contributed by atoms with Crippen LogP contribution in [-0.4, -0.2) is 32.2 Å². The first-order chi connectivity index (χ1) is 9.22.